The van der Waals surface area contributed by atoms with Crippen LogP contribution in [0.1, 0.15) is 22.8 Å². The zero-order valence-corrected chi connectivity index (χ0v) is 36.8. The third kappa shape index (κ3) is 9.65. The summed E-state index contributed by atoms with van der Waals surface area (Å²) in [6, 6.07) is 30.1. The number of aromatic amines is 2. The van der Waals surface area contributed by atoms with Crippen molar-refractivity contribution >= 4 is 70.0 Å². The second-order valence-electron chi connectivity index (χ2n) is 15.2. The number of aromatic nitrogens is 8. The van der Waals surface area contributed by atoms with Gasteiger partial charge in [-0.1, -0.05) is 0 Å². The predicted octanol–water partition coefficient (Wildman–Crippen LogP) is 1.41. The van der Waals surface area contributed by atoms with Gasteiger partial charge in [-0.15, -0.1) is 0 Å². The molecule has 8 bridgehead atoms. The summed E-state index contributed by atoms with van der Waals surface area (Å²) in [5.41, 5.74) is 33.2. The first-order chi connectivity index (χ1) is 31.0. The second-order valence-corrected chi connectivity index (χ2v) is 15.2. The van der Waals surface area contributed by atoms with Gasteiger partial charge in [-0.05, 0) is 72.8 Å². The van der Waals surface area contributed by atoms with E-state index in [9.17, 15) is 19.2 Å². The molecule has 4 amide bonds. The van der Waals surface area contributed by atoms with Crippen molar-refractivity contribution in [3.8, 4) is 45.0 Å². The number of nitrogens with one attached hydrogen (secondary N) is 2. The number of H-pyrrole nitrogens is 2. The number of nitrogens with zero attached hydrogens (tertiary/aromatic N) is 6. The van der Waals surface area contributed by atoms with Crippen molar-refractivity contribution in [2.24, 2.45) is 22.9 Å². The van der Waals surface area contributed by atoms with E-state index < -0.39 is 23.6 Å². The number of amides is 4. The van der Waals surface area contributed by atoms with Gasteiger partial charge in [-0.25, -0.2) is 9.97 Å². The maximum absolute atomic E-state index is 12.5. The van der Waals surface area contributed by atoms with Crippen LogP contribution in [-0.4, -0.2) is 54.5 Å². The van der Waals surface area contributed by atoms with E-state index in [4.69, 9.17) is 32.9 Å². The zero-order chi connectivity index (χ0) is 44.5. The molecule has 9 rings (SSSR count). The number of pyridine rings is 4. The fraction of sp³-hybridized carbons (Fsp3) is 0.0833. The Hall–Kier alpha value is -8.48. The molecule has 0 aliphatic carbocycles. The zero-order valence-electron chi connectivity index (χ0n) is 35.6. The van der Waals surface area contributed by atoms with Gasteiger partial charge < -0.3 is 43.9 Å². The third-order valence-corrected chi connectivity index (χ3v) is 10.8. The normalized spacial score (nSPS) is 11.2. The standard InChI is InChI=1S/C48H38N12O4.Mn.2H2O/c49-41(61)25-57-21-5-1-9-37(57)45-29-13-15-31(53-29)46(38-10-2-6-22-58(38)26-42(50)62)33-17-19-35(55-33)48(40-12-4-8-24-60(40)28-44(52)64)36-20-18-34(56-36)47(32-16-14-30(45)54-32)39-11-3-7-23-59(39)27-43(51)63;;;/h1-24H,25-28H2,(H6-3,49,50,51,52,53,54,55,56,61,62,63,64);;2*1H2/q;+2;;/p+3. The summed E-state index contributed by atoms with van der Waals surface area (Å²) >= 11 is 0. The van der Waals surface area contributed by atoms with E-state index in [1.165, 1.54) is 0 Å². The molecule has 0 atom stereocenters. The molecule has 19 heteroatoms. The third-order valence-electron chi connectivity index (χ3n) is 10.8. The molecule has 9 heterocycles. The van der Waals surface area contributed by atoms with Gasteiger partial charge in [0.2, 0.25) is 49.0 Å². The van der Waals surface area contributed by atoms with Gasteiger partial charge in [0.1, 0.15) is 0 Å². The van der Waals surface area contributed by atoms with Crippen LogP contribution in [0.4, 0.5) is 0 Å². The second kappa shape index (κ2) is 20.1. The van der Waals surface area contributed by atoms with Crippen LogP contribution in [0.25, 0.3) is 91.4 Å². The number of carbonyl (C=O) groups is 4. The largest absolute Gasteiger partial charge is 2.00 e. The minimum atomic E-state index is -0.534. The van der Waals surface area contributed by atoms with Crippen molar-refractivity contribution in [1.82, 2.24) is 19.9 Å². The molecular formula is C48H45MnN12O6+5. The summed E-state index contributed by atoms with van der Waals surface area (Å²) in [5, 5.41) is 0. The molecule has 0 saturated carbocycles. The van der Waals surface area contributed by atoms with Crippen molar-refractivity contribution in [2.75, 3.05) is 0 Å². The van der Waals surface area contributed by atoms with Gasteiger partial charge in [-0.2, -0.15) is 18.3 Å². The molecule has 7 aromatic rings. The fourth-order valence-corrected chi connectivity index (χ4v) is 8.32. The van der Waals surface area contributed by atoms with Gasteiger partial charge >= 0.3 is 17.1 Å². The van der Waals surface area contributed by atoms with E-state index in [1.54, 1.807) is 43.1 Å². The molecule has 1 radical (unpaired) electrons. The topological polar surface area (TPSA) is 307 Å². The van der Waals surface area contributed by atoms with Crippen molar-refractivity contribution in [3.63, 3.8) is 0 Å². The van der Waals surface area contributed by atoms with Crippen LogP contribution in [0.3, 0.4) is 0 Å². The van der Waals surface area contributed by atoms with Crippen LogP contribution in [0.5, 0.6) is 0 Å². The maximum Gasteiger partial charge on any atom is 2.00 e. The van der Waals surface area contributed by atoms with Crippen molar-refractivity contribution in [1.29, 1.82) is 0 Å². The van der Waals surface area contributed by atoms with E-state index in [2.05, 4.69) is 9.97 Å². The first-order valence-electron chi connectivity index (χ1n) is 20.3. The molecule has 67 heavy (non-hydrogen) atoms. The number of carbonyl (C=O) groups excluding carboxylic acids is 4. The summed E-state index contributed by atoms with van der Waals surface area (Å²) < 4.78 is 7.07. The molecule has 0 aromatic carbocycles. The average molecular weight is 941 g/mol. The molecule has 7 aromatic heterocycles. The summed E-state index contributed by atoms with van der Waals surface area (Å²) in [6.45, 7) is -0.409. The Bertz CT molecular complexity index is 3190. The molecule has 18 nitrogen and oxygen atoms in total. The minimum absolute atomic E-state index is 0. The number of rotatable bonds is 12. The Kier molecular flexibility index (Phi) is 14.4. The Morgan fingerprint density at radius 2 is 0.657 bits per heavy atom. The van der Waals surface area contributed by atoms with Crippen molar-refractivity contribution < 1.29 is 65.5 Å². The van der Waals surface area contributed by atoms with Crippen LogP contribution in [0.2, 0.25) is 0 Å². The molecular weight excluding hydrogens is 896 g/mol. The number of fused-ring (bicyclic) bond motifs is 8. The Labute approximate surface area is 392 Å². The van der Waals surface area contributed by atoms with E-state index in [1.807, 2.05) is 121 Å². The van der Waals surface area contributed by atoms with Crippen molar-refractivity contribution in [2.45, 2.75) is 26.2 Å². The first-order valence-corrected chi connectivity index (χ1v) is 20.3. The Morgan fingerprint density at radius 3 is 0.955 bits per heavy atom. The number of primary amides is 4. The van der Waals surface area contributed by atoms with Gasteiger partial charge in [0.15, 0.2) is 24.8 Å². The number of hydrogen-bond donors (Lipinski definition) is 6. The first kappa shape index (κ1) is 48.0. The van der Waals surface area contributed by atoms with E-state index in [0.29, 0.717) is 89.9 Å². The number of nitrogens with two attached hydrogens (primary N) is 4. The van der Waals surface area contributed by atoms with Crippen LogP contribution >= 0.6 is 0 Å². The molecule has 0 saturated heterocycles. The monoisotopic (exact) mass is 940 g/mol. The number of hydrogen-bond acceptors (Lipinski definition) is 7. The molecule has 0 spiro atoms. The van der Waals surface area contributed by atoms with E-state index >= 15 is 0 Å². The summed E-state index contributed by atoms with van der Waals surface area (Å²) in [6.07, 6.45) is 14.7. The van der Waals surface area contributed by atoms with Gasteiger partial charge in [0.05, 0.1) is 67.1 Å². The molecule has 0 fully saturated rings. The maximum atomic E-state index is 12.5. The molecule has 2 aliphatic heterocycles. The van der Waals surface area contributed by atoms with Gasteiger partial charge in [-0.3, -0.25) is 19.2 Å². The molecule has 2 aliphatic rings. The summed E-state index contributed by atoms with van der Waals surface area (Å²) in [7, 11) is 0. The smallest absolute Gasteiger partial charge is 0.870 e. The fourth-order valence-electron chi connectivity index (χ4n) is 8.32. The predicted molar refractivity (Wildman–Crippen MR) is 244 cm³/mol. The Balaban J connectivity index is 0.00000247. The van der Waals surface area contributed by atoms with Gasteiger partial charge in [0.25, 0.3) is 23.6 Å². The van der Waals surface area contributed by atoms with Crippen LogP contribution < -0.4 is 41.2 Å². The summed E-state index contributed by atoms with van der Waals surface area (Å²) in [5.74, 6) is -2.11. The molecule has 13 N–H and O–H groups in total. The molecule has 335 valence electrons. The minimum Gasteiger partial charge on any atom is -0.870 e. The van der Waals surface area contributed by atoms with E-state index in [-0.39, 0.29) is 54.2 Å². The quantitative estimate of drug-likeness (QED) is 0.0772. The van der Waals surface area contributed by atoms with Crippen LogP contribution in [0, 0.1) is 0 Å². The average Bonchev–Trinajstić information content (AvgIpc) is 4.11. The summed E-state index contributed by atoms with van der Waals surface area (Å²) in [4.78, 5) is 67.8. The Morgan fingerprint density at radius 1 is 0.403 bits per heavy atom. The van der Waals surface area contributed by atoms with Crippen LogP contribution in [0.15, 0.2) is 122 Å². The van der Waals surface area contributed by atoms with Gasteiger partial charge in [0, 0.05) is 48.5 Å². The van der Waals surface area contributed by atoms with E-state index in [0.717, 1.165) is 0 Å². The SMILES string of the molecule is NC(=O)C[n+]1ccccc1-c1c2nc(c(-c3cccc[n+]3CC(N)=O)c3ccc([nH]3)c(-c3cccc[n+]3CC(N)=O)c3ccc([nH]3)c(-c3cccc[n+]3CC(N)=O)c3nc1C=C3)C=C2.O.[Mn+2].[OH-]. The molecule has 0 unspecified atom stereocenters. The van der Waals surface area contributed by atoms with Crippen LogP contribution in [-0.2, 0) is 62.4 Å². The van der Waals surface area contributed by atoms with Crippen molar-refractivity contribution in [3.05, 3.63) is 145 Å².